The van der Waals surface area contributed by atoms with E-state index in [1.807, 2.05) is 24.4 Å². The molecular formula is C15H18N2O2S. The SMILES string of the molecule is Cc1cccc([N+](=O)[O-])c1NC(c1cccs1)C(C)C. The zero-order valence-electron chi connectivity index (χ0n) is 11.8. The Labute approximate surface area is 122 Å². The zero-order valence-corrected chi connectivity index (χ0v) is 12.6. The van der Waals surface area contributed by atoms with E-state index in [9.17, 15) is 10.1 Å². The first-order chi connectivity index (χ1) is 9.50. The fraction of sp³-hybridized carbons (Fsp3) is 0.333. The number of nitro groups is 1. The van der Waals surface area contributed by atoms with Crippen LogP contribution in [-0.4, -0.2) is 4.92 Å². The smallest absolute Gasteiger partial charge is 0.292 e. The fourth-order valence-corrected chi connectivity index (χ4v) is 3.13. The molecule has 4 nitrogen and oxygen atoms in total. The Bertz CT molecular complexity index is 594. The maximum atomic E-state index is 11.2. The summed E-state index contributed by atoms with van der Waals surface area (Å²) in [7, 11) is 0. The Hall–Kier alpha value is -1.88. The summed E-state index contributed by atoms with van der Waals surface area (Å²) in [6.45, 7) is 6.12. The van der Waals surface area contributed by atoms with Crippen LogP contribution in [-0.2, 0) is 0 Å². The van der Waals surface area contributed by atoms with E-state index in [2.05, 4.69) is 25.2 Å². The lowest BCUT2D eigenvalue weighted by atomic mass is 10.0. The van der Waals surface area contributed by atoms with Gasteiger partial charge in [-0.2, -0.15) is 0 Å². The Balaban J connectivity index is 2.39. The van der Waals surface area contributed by atoms with E-state index in [0.717, 1.165) is 5.56 Å². The van der Waals surface area contributed by atoms with Gasteiger partial charge < -0.3 is 5.32 Å². The molecule has 0 bridgehead atoms. The van der Waals surface area contributed by atoms with Gasteiger partial charge in [-0.15, -0.1) is 11.3 Å². The van der Waals surface area contributed by atoms with E-state index in [4.69, 9.17) is 0 Å². The monoisotopic (exact) mass is 290 g/mol. The summed E-state index contributed by atoms with van der Waals surface area (Å²) < 4.78 is 0. The van der Waals surface area contributed by atoms with Gasteiger partial charge in [0.05, 0.1) is 11.0 Å². The van der Waals surface area contributed by atoms with Gasteiger partial charge in [-0.3, -0.25) is 10.1 Å². The number of anilines is 1. The molecule has 106 valence electrons. The summed E-state index contributed by atoms with van der Waals surface area (Å²) in [6.07, 6.45) is 0. The lowest BCUT2D eigenvalue weighted by molar-refractivity contribution is -0.384. The van der Waals surface area contributed by atoms with Crippen molar-refractivity contribution in [1.29, 1.82) is 0 Å². The van der Waals surface area contributed by atoms with Gasteiger partial charge in [-0.05, 0) is 29.9 Å². The minimum atomic E-state index is -0.332. The van der Waals surface area contributed by atoms with Crippen LogP contribution in [0.2, 0.25) is 0 Å². The second-order valence-electron chi connectivity index (χ2n) is 5.11. The Morgan fingerprint density at radius 3 is 2.55 bits per heavy atom. The molecule has 0 saturated carbocycles. The first kappa shape index (κ1) is 14.5. The van der Waals surface area contributed by atoms with Crippen molar-refractivity contribution in [2.24, 2.45) is 5.92 Å². The second-order valence-corrected chi connectivity index (χ2v) is 6.09. The number of hydrogen-bond donors (Lipinski definition) is 1. The van der Waals surface area contributed by atoms with Gasteiger partial charge in [0.1, 0.15) is 5.69 Å². The van der Waals surface area contributed by atoms with E-state index >= 15 is 0 Å². The van der Waals surface area contributed by atoms with Crippen LogP contribution in [0.25, 0.3) is 0 Å². The number of nitro benzene ring substituents is 1. The minimum absolute atomic E-state index is 0.0785. The molecule has 0 aliphatic carbocycles. The van der Waals surface area contributed by atoms with E-state index in [1.54, 1.807) is 23.5 Å². The predicted molar refractivity (Wildman–Crippen MR) is 83.4 cm³/mol. The molecular weight excluding hydrogens is 272 g/mol. The number of benzene rings is 1. The lowest BCUT2D eigenvalue weighted by Crippen LogP contribution is -2.17. The molecule has 0 spiro atoms. The molecule has 2 rings (SSSR count). The second kappa shape index (κ2) is 6.05. The highest BCUT2D eigenvalue weighted by Crippen LogP contribution is 2.35. The van der Waals surface area contributed by atoms with Gasteiger partial charge >= 0.3 is 0 Å². The summed E-state index contributed by atoms with van der Waals surface area (Å²) in [5.74, 6) is 0.341. The number of hydrogen-bond acceptors (Lipinski definition) is 4. The number of thiophene rings is 1. The normalized spacial score (nSPS) is 12.4. The van der Waals surface area contributed by atoms with Gasteiger partial charge in [0, 0.05) is 10.9 Å². The topological polar surface area (TPSA) is 55.2 Å². The molecule has 1 aromatic carbocycles. The summed E-state index contributed by atoms with van der Waals surface area (Å²) >= 11 is 1.67. The van der Waals surface area contributed by atoms with Crippen molar-refractivity contribution in [3.8, 4) is 0 Å². The molecule has 1 aromatic heterocycles. The van der Waals surface area contributed by atoms with Gasteiger partial charge in [0.25, 0.3) is 5.69 Å². The van der Waals surface area contributed by atoms with Crippen LogP contribution in [0.5, 0.6) is 0 Å². The number of aryl methyl sites for hydroxylation is 1. The van der Waals surface area contributed by atoms with Crippen molar-refractivity contribution in [2.45, 2.75) is 26.8 Å². The third kappa shape index (κ3) is 2.99. The summed E-state index contributed by atoms with van der Waals surface area (Å²) in [5.41, 5.74) is 1.64. The quantitative estimate of drug-likeness (QED) is 0.637. The van der Waals surface area contributed by atoms with Crippen LogP contribution < -0.4 is 5.32 Å². The summed E-state index contributed by atoms with van der Waals surface area (Å²) in [6, 6.07) is 9.29. The van der Waals surface area contributed by atoms with Crippen molar-refractivity contribution < 1.29 is 4.92 Å². The number of nitrogens with zero attached hydrogens (tertiary/aromatic N) is 1. The molecule has 1 atom stereocenters. The Kier molecular flexibility index (Phi) is 4.39. The van der Waals surface area contributed by atoms with Crippen molar-refractivity contribution in [1.82, 2.24) is 0 Å². The predicted octanol–water partition coefficient (Wildman–Crippen LogP) is 4.77. The number of nitrogens with one attached hydrogen (secondary N) is 1. The average Bonchev–Trinajstić information content (AvgIpc) is 2.90. The molecule has 5 heteroatoms. The van der Waals surface area contributed by atoms with Crippen molar-refractivity contribution in [2.75, 3.05) is 5.32 Å². The number of para-hydroxylation sites is 1. The van der Waals surface area contributed by atoms with Crippen molar-refractivity contribution in [3.05, 3.63) is 56.3 Å². The maximum Gasteiger partial charge on any atom is 0.292 e. The van der Waals surface area contributed by atoms with Gasteiger partial charge in [0.15, 0.2) is 0 Å². The minimum Gasteiger partial charge on any atom is -0.371 e. The van der Waals surface area contributed by atoms with Crippen molar-refractivity contribution in [3.63, 3.8) is 0 Å². The third-order valence-electron chi connectivity index (χ3n) is 3.26. The van der Waals surface area contributed by atoms with Crippen LogP contribution in [0.3, 0.4) is 0 Å². The van der Waals surface area contributed by atoms with Crippen LogP contribution in [0.4, 0.5) is 11.4 Å². The largest absolute Gasteiger partial charge is 0.371 e. The van der Waals surface area contributed by atoms with Gasteiger partial charge in [-0.25, -0.2) is 0 Å². The Morgan fingerprint density at radius 1 is 1.25 bits per heavy atom. The number of rotatable bonds is 5. The molecule has 2 aromatic rings. The highest BCUT2D eigenvalue weighted by Gasteiger charge is 2.22. The van der Waals surface area contributed by atoms with E-state index < -0.39 is 0 Å². The molecule has 0 aliphatic rings. The molecule has 1 heterocycles. The molecule has 0 fully saturated rings. The fourth-order valence-electron chi connectivity index (χ4n) is 2.18. The highest BCUT2D eigenvalue weighted by atomic mass is 32.1. The maximum absolute atomic E-state index is 11.2. The lowest BCUT2D eigenvalue weighted by Gasteiger charge is -2.23. The van der Waals surface area contributed by atoms with E-state index in [-0.39, 0.29) is 16.7 Å². The summed E-state index contributed by atoms with van der Waals surface area (Å²) in [5, 5.41) is 16.6. The Morgan fingerprint density at radius 2 is 2.00 bits per heavy atom. The third-order valence-corrected chi connectivity index (χ3v) is 4.22. The van der Waals surface area contributed by atoms with Crippen LogP contribution >= 0.6 is 11.3 Å². The van der Waals surface area contributed by atoms with Crippen molar-refractivity contribution >= 4 is 22.7 Å². The standard InChI is InChI=1S/C15H18N2O2S/c1-10(2)14(13-8-5-9-20-13)16-15-11(3)6-4-7-12(15)17(18)19/h4-10,14,16H,1-3H3. The molecule has 0 aliphatic heterocycles. The van der Waals surface area contributed by atoms with Crippen LogP contribution in [0, 0.1) is 23.0 Å². The molecule has 0 radical (unpaired) electrons. The first-order valence-electron chi connectivity index (χ1n) is 6.54. The highest BCUT2D eigenvalue weighted by molar-refractivity contribution is 7.10. The average molecular weight is 290 g/mol. The summed E-state index contributed by atoms with van der Waals surface area (Å²) in [4.78, 5) is 12.0. The van der Waals surface area contributed by atoms with Gasteiger partial charge in [-0.1, -0.05) is 32.0 Å². The zero-order chi connectivity index (χ0) is 14.7. The molecule has 1 unspecified atom stereocenters. The molecule has 0 amide bonds. The molecule has 1 N–H and O–H groups in total. The van der Waals surface area contributed by atoms with E-state index in [0.29, 0.717) is 11.6 Å². The van der Waals surface area contributed by atoms with Crippen LogP contribution in [0.15, 0.2) is 35.7 Å². The molecule has 0 saturated heterocycles. The van der Waals surface area contributed by atoms with Crippen LogP contribution in [0.1, 0.15) is 30.3 Å². The van der Waals surface area contributed by atoms with E-state index in [1.165, 1.54) is 4.88 Å². The van der Waals surface area contributed by atoms with Gasteiger partial charge in [0.2, 0.25) is 0 Å². The first-order valence-corrected chi connectivity index (χ1v) is 7.42. The molecule has 20 heavy (non-hydrogen) atoms.